The summed E-state index contributed by atoms with van der Waals surface area (Å²) >= 11 is 3.82. The molecule has 0 spiro atoms. The number of benzene rings is 2. The number of aryl methyl sites for hydroxylation is 2. The summed E-state index contributed by atoms with van der Waals surface area (Å²) in [7, 11) is 0. The lowest BCUT2D eigenvalue weighted by atomic mass is 10.2. The maximum Gasteiger partial charge on any atom is 0.156 e. The number of aromatic nitrogens is 4. The van der Waals surface area contributed by atoms with Gasteiger partial charge in [0.1, 0.15) is 24.8 Å². The van der Waals surface area contributed by atoms with Gasteiger partial charge in [0.25, 0.3) is 0 Å². The topological polar surface area (TPSA) is 132 Å². The Labute approximate surface area is 358 Å². The van der Waals surface area contributed by atoms with Crippen LogP contribution >= 0.6 is 73.2 Å². The number of halogens is 4. The van der Waals surface area contributed by atoms with E-state index in [4.69, 9.17) is 29.4 Å². The number of fused-ring (bicyclic) bond motifs is 2. The van der Waals surface area contributed by atoms with E-state index >= 15 is 0 Å². The normalized spacial score (nSPS) is 15.8. The molecule has 2 aromatic heterocycles. The van der Waals surface area contributed by atoms with Crippen molar-refractivity contribution in [2.45, 2.75) is 61.9 Å². The lowest BCUT2D eigenvalue weighted by molar-refractivity contribution is 0.101. The van der Waals surface area contributed by atoms with E-state index in [9.17, 15) is 0 Å². The highest BCUT2D eigenvalue weighted by Gasteiger charge is 2.25. The van der Waals surface area contributed by atoms with Crippen LogP contribution in [0.3, 0.4) is 0 Å². The summed E-state index contributed by atoms with van der Waals surface area (Å²) in [5, 5.41) is 6.83. The van der Waals surface area contributed by atoms with Gasteiger partial charge in [0.2, 0.25) is 0 Å². The molecule has 4 aliphatic rings. The average Bonchev–Trinajstić information content (AvgIpc) is 3.19. The average molecular weight is 877 g/mol. The summed E-state index contributed by atoms with van der Waals surface area (Å²) in [4.78, 5) is 26.7. The van der Waals surface area contributed by atoms with Gasteiger partial charge in [-0.3, -0.25) is 0 Å². The predicted octanol–water partition coefficient (Wildman–Crippen LogP) is 6.15. The summed E-state index contributed by atoms with van der Waals surface area (Å²) in [6, 6.07) is 20.5. The lowest BCUT2D eigenvalue weighted by Gasteiger charge is -2.31. The van der Waals surface area contributed by atoms with Gasteiger partial charge in [-0.15, -0.1) is 73.2 Å². The molecule has 0 aliphatic carbocycles. The molecule has 304 valence electrons. The fraction of sp³-hybridized carbons (Fsp3) is 0.474. The van der Waals surface area contributed by atoms with Gasteiger partial charge in [0.05, 0.1) is 34.4 Å². The molecule has 6 heterocycles. The molecule has 55 heavy (non-hydrogen) atoms. The third-order valence-corrected chi connectivity index (χ3v) is 11.5. The first-order chi connectivity index (χ1) is 24.8. The number of hydrogen-bond acceptors (Lipinski definition) is 12. The number of nitrogens with zero attached hydrogens (tertiary/aromatic N) is 6. The minimum atomic E-state index is 0. The van der Waals surface area contributed by atoms with E-state index in [1.165, 1.54) is 56.7 Å². The Morgan fingerprint density at radius 3 is 1.29 bits per heavy atom. The van der Waals surface area contributed by atoms with Crippen molar-refractivity contribution >= 4 is 84.8 Å². The van der Waals surface area contributed by atoms with Gasteiger partial charge in [-0.05, 0) is 48.3 Å². The van der Waals surface area contributed by atoms with Crippen molar-refractivity contribution in [1.82, 2.24) is 30.6 Å². The minimum absolute atomic E-state index is 0. The summed E-state index contributed by atoms with van der Waals surface area (Å²) in [5.41, 5.74) is 4.77. The van der Waals surface area contributed by atoms with E-state index in [0.717, 1.165) is 88.5 Å². The molecule has 2 fully saturated rings. The van der Waals surface area contributed by atoms with Gasteiger partial charge in [-0.25, -0.2) is 19.9 Å². The highest BCUT2D eigenvalue weighted by molar-refractivity contribution is 7.99. The Balaban J connectivity index is 0.000000348. The molecule has 2 aromatic carbocycles. The Morgan fingerprint density at radius 2 is 0.909 bits per heavy atom. The Hall–Kier alpha value is -2.14. The van der Waals surface area contributed by atoms with Crippen molar-refractivity contribution in [2.24, 2.45) is 0 Å². The Kier molecular flexibility index (Phi) is 23.1. The first kappa shape index (κ1) is 49.0. The monoisotopic (exact) mass is 874 g/mol. The van der Waals surface area contributed by atoms with Crippen LogP contribution in [0.1, 0.15) is 47.0 Å². The van der Waals surface area contributed by atoms with E-state index in [2.05, 4.69) is 44.7 Å². The Morgan fingerprint density at radius 1 is 0.527 bits per heavy atom. The molecule has 8 rings (SSSR count). The van der Waals surface area contributed by atoms with Gasteiger partial charge in [-0.1, -0.05) is 60.7 Å². The molecule has 4 aliphatic heterocycles. The zero-order chi connectivity index (χ0) is 33.8. The van der Waals surface area contributed by atoms with E-state index < -0.39 is 0 Å². The van der Waals surface area contributed by atoms with Crippen LogP contribution in [0, 0.1) is 0 Å². The third-order valence-electron chi connectivity index (χ3n) is 9.06. The van der Waals surface area contributed by atoms with Crippen LogP contribution in [-0.4, -0.2) is 89.3 Å². The number of ether oxygens (including phenoxy) is 2. The first-order valence-electron chi connectivity index (χ1n) is 18.0. The molecular weight excluding hydrogens is 822 g/mol. The molecule has 0 atom stereocenters. The maximum absolute atomic E-state index is 5.88. The predicted molar refractivity (Wildman–Crippen MR) is 235 cm³/mol. The summed E-state index contributed by atoms with van der Waals surface area (Å²) in [6.07, 6.45) is 4.49. The number of hydrogen-bond donors (Lipinski definition) is 2. The number of piperazine rings is 2. The van der Waals surface area contributed by atoms with Crippen LogP contribution in [0.2, 0.25) is 0 Å². The third kappa shape index (κ3) is 14.0. The van der Waals surface area contributed by atoms with Gasteiger partial charge in [0.15, 0.2) is 11.6 Å². The molecule has 11 nitrogen and oxygen atoms in total. The zero-order valence-electron chi connectivity index (χ0n) is 31.0. The lowest BCUT2D eigenvalue weighted by Crippen LogP contribution is -2.44. The van der Waals surface area contributed by atoms with Crippen LogP contribution in [-0.2, 0) is 48.7 Å². The molecule has 2 saturated heterocycles. The van der Waals surface area contributed by atoms with Crippen molar-refractivity contribution in [3.63, 3.8) is 0 Å². The molecule has 0 saturated carbocycles. The quantitative estimate of drug-likeness (QED) is 0.190. The second-order valence-electron chi connectivity index (χ2n) is 12.8. The van der Waals surface area contributed by atoms with Crippen LogP contribution in [0.4, 0.5) is 11.6 Å². The van der Waals surface area contributed by atoms with Gasteiger partial charge < -0.3 is 35.4 Å². The minimum Gasteiger partial charge on any atom is -0.412 e. The molecular formula is C38H54Cl4N8O3S2. The van der Waals surface area contributed by atoms with Crippen LogP contribution in [0.5, 0.6) is 0 Å². The number of rotatable bonds is 10. The summed E-state index contributed by atoms with van der Waals surface area (Å²) in [6.45, 7) is 10.2. The fourth-order valence-corrected chi connectivity index (χ4v) is 8.73. The molecule has 0 unspecified atom stereocenters. The van der Waals surface area contributed by atoms with Gasteiger partial charge in [0, 0.05) is 52.4 Å². The summed E-state index contributed by atoms with van der Waals surface area (Å²) < 4.78 is 11.8. The van der Waals surface area contributed by atoms with Crippen molar-refractivity contribution in [1.29, 1.82) is 0 Å². The molecule has 0 radical (unpaired) electrons. The van der Waals surface area contributed by atoms with E-state index in [1.807, 2.05) is 59.9 Å². The second kappa shape index (κ2) is 26.0. The molecule has 4 N–H and O–H groups in total. The summed E-state index contributed by atoms with van der Waals surface area (Å²) in [5.74, 6) is 6.19. The fourth-order valence-electron chi connectivity index (χ4n) is 6.51. The first-order valence-corrected chi connectivity index (χ1v) is 20.0. The second-order valence-corrected chi connectivity index (χ2v) is 15.0. The van der Waals surface area contributed by atoms with Crippen molar-refractivity contribution < 1.29 is 14.9 Å². The smallest absolute Gasteiger partial charge is 0.156 e. The standard InChI is InChI=1S/2C19H24N4OS.4ClH.H2O/c2*1-2-5-15(6-3-1)13-24-14-17-21-16-7-4-12-25-18(16)19(22-17)23-10-8-20-9-11-23;;;;;/h2*1-3,5-6,20H,4,7-14H2;4*1H;1H2. The molecule has 17 heteroatoms. The van der Waals surface area contributed by atoms with Crippen LogP contribution in [0.25, 0.3) is 0 Å². The maximum atomic E-state index is 5.88. The van der Waals surface area contributed by atoms with Gasteiger partial charge in [-0.2, -0.15) is 0 Å². The zero-order valence-corrected chi connectivity index (χ0v) is 35.8. The number of thioether (sulfide) groups is 2. The number of nitrogens with one attached hydrogen (secondary N) is 2. The van der Waals surface area contributed by atoms with E-state index in [0.29, 0.717) is 26.4 Å². The molecule has 0 amide bonds. The van der Waals surface area contributed by atoms with E-state index in [1.54, 1.807) is 0 Å². The number of anilines is 2. The van der Waals surface area contributed by atoms with Crippen molar-refractivity contribution in [3.05, 3.63) is 94.8 Å². The van der Waals surface area contributed by atoms with E-state index in [-0.39, 0.29) is 55.1 Å². The van der Waals surface area contributed by atoms with Crippen molar-refractivity contribution in [2.75, 3.05) is 73.7 Å². The Bertz CT molecular complexity index is 1560. The van der Waals surface area contributed by atoms with Gasteiger partial charge >= 0.3 is 0 Å². The molecule has 4 aromatic rings. The highest BCUT2D eigenvalue weighted by Crippen LogP contribution is 2.37. The van der Waals surface area contributed by atoms with Crippen LogP contribution in [0.15, 0.2) is 70.5 Å². The van der Waals surface area contributed by atoms with Crippen molar-refractivity contribution in [3.8, 4) is 0 Å². The largest absolute Gasteiger partial charge is 0.412 e. The van der Waals surface area contributed by atoms with Crippen LogP contribution < -0.4 is 20.4 Å². The molecule has 0 bridgehead atoms. The highest BCUT2D eigenvalue weighted by atomic mass is 35.5. The SMILES string of the molecule is Cl.Cl.Cl.Cl.O.c1ccc(COCc2nc3c(c(N4CCNCC4)n2)SCCC3)cc1.c1ccc(COCc2nc3c(c(N4CCNCC4)n2)SCCC3)cc1.